The van der Waals surface area contributed by atoms with Crippen LogP contribution in [0.2, 0.25) is 0 Å². The molecule has 0 aliphatic heterocycles. The third-order valence-electron chi connectivity index (χ3n) is 2.96. The maximum Gasteiger partial charge on any atom is 0.119 e. The van der Waals surface area contributed by atoms with Crippen molar-refractivity contribution in [3.05, 3.63) is 47.7 Å². The van der Waals surface area contributed by atoms with Gasteiger partial charge in [-0.05, 0) is 49.2 Å². The lowest BCUT2D eigenvalue weighted by molar-refractivity contribution is 0.317. The summed E-state index contributed by atoms with van der Waals surface area (Å²) in [6, 6.07) is 12.1. The first-order valence-electron chi connectivity index (χ1n) is 6.50. The summed E-state index contributed by atoms with van der Waals surface area (Å²) in [5, 5.41) is 0. The molecule has 0 unspecified atom stereocenters. The number of hydrogen-bond acceptors (Lipinski definition) is 2. The van der Waals surface area contributed by atoms with E-state index in [1.165, 1.54) is 0 Å². The minimum Gasteiger partial charge on any atom is -0.494 e. The van der Waals surface area contributed by atoms with Gasteiger partial charge in [0.2, 0.25) is 0 Å². The molecule has 0 atom stereocenters. The van der Waals surface area contributed by atoms with Gasteiger partial charge in [-0.25, -0.2) is 0 Å². The summed E-state index contributed by atoms with van der Waals surface area (Å²) in [6.07, 6.45) is 1.02. The molecule has 0 aliphatic carbocycles. The van der Waals surface area contributed by atoms with E-state index in [-0.39, 0.29) is 0 Å². The lowest BCUT2D eigenvalue weighted by Gasteiger charge is -2.07. The van der Waals surface area contributed by atoms with Gasteiger partial charge < -0.3 is 4.74 Å². The summed E-state index contributed by atoms with van der Waals surface area (Å²) in [5.41, 5.74) is 4.12. The number of alkyl halides is 1. The fourth-order valence-corrected chi connectivity index (χ4v) is 2.12. The van der Waals surface area contributed by atoms with Crippen LogP contribution in [0.15, 0.2) is 36.4 Å². The van der Waals surface area contributed by atoms with Crippen LogP contribution >= 0.6 is 11.6 Å². The smallest absolute Gasteiger partial charge is 0.119 e. The van der Waals surface area contributed by atoms with Gasteiger partial charge in [0.05, 0.1) is 12.3 Å². The van der Waals surface area contributed by atoms with Gasteiger partial charge in [0.25, 0.3) is 0 Å². The third kappa shape index (κ3) is 3.48. The van der Waals surface area contributed by atoms with Crippen molar-refractivity contribution >= 4 is 11.6 Å². The predicted octanol–water partition coefficient (Wildman–Crippen LogP) is 4.58. The highest BCUT2D eigenvalue weighted by molar-refractivity contribution is 6.17. The fourth-order valence-electron chi connectivity index (χ4n) is 1.83. The molecule has 0 N–H and O–H groups in total. The number of rotatable bonds is 5. The maximum atomic E-state index is 5.84. The molecule has 2 nitrogen and oxygen atoms in total. The first-order valence-corrected chi connectivity index (χ1v) is 7.03. The number of aryl methyl sites for hydroxylation is 1. The van der Waals surface area contributed by atoms with Crippen LogP contribution in [0.1, 0.15) is 24.6 Å². The molecule has 2 rings (SSSR count). The van der Waals surface area contributed by atoms with Crippen LogP contribution in [0.5, 0.6) is 5.75 Å². The van der Waals surface area contributed by atoms with E-state index in [1.54, 1.807) is 0 Å². The molecule has 0 saturated heterocycles. The first-order chi connectivity index (χ1) is 9.24. The van der Waals surface area contributed by atoms with E-state index in [0.717, 1.165) is 41.3 Å². The number of hydrogen-bond donors (Lipinski definition) is 0. The Morgan fingerprint density at radius 1 is 1.11 bits per heavy atom. The summed E-state index contributed by atoms with van der Waals surface area (Å²) < 4.78 is 5.57. The average Bonchev–Trinajstić information content (AvgIpc) is 2.45. The molecule has 2 aromatic rings. The van der Waals surface area contributed by atoms with Gasteiger partial charge in [-0.1, -0.05) is 13.0 Å². The molecule has 1 aromatic heterocycles. The van der Waals surface area contributed by atoms with Crippen molar-refractivity contribution in [1.82, 2.24) is 4.98 Å². The van der Waals surface area contributed by atoms with Gasteiger partial charge in [-0.3, -0.25) is 4.98 Å². The minimum atomic E-state index is 0.503. The Kier molecular flexibility index (Phi) is 4.80. The van der Waals surface area contributed by atoms with Crippen LogP contribution in [-0.2, 0) is 5.88 Å². The van der Waals surface area contributed by atoms with E-state index < -0.39 is 0 Å². The minimum absolute atomic E-state index is 0.503. The van der Waals surface area contributed by atoms with Crippen molar-refractivity contribution in [1.29, 1.82) is 0 Å². The van der Waals surface area contributed by atoms with Gasteiger partial charge in [-0.15, -0.1) is 11.6 Å². The monoisotopic (exact) mass is 275 g/mol. The van der Waals surface area contributed by atoms with Crippen LogP contribution in [0.3, 0.4) is 0 Å². The summed E-state index contributed by atoms with van der Waals surface area (Å²) in [6.45, 7) is 4.83. The Balaban J connectivity index is 2.19. The predicted molar refractivity (Wildman–Crippen MR) is 79.8 cm³/mol. The Bertz CT molecular complexity index is 537. The number of ether oxygens (including phenoxy) is 1. The van der Waals surface area contributed by atoms with Gasteiger partial charge in [0.1, 0.15) is 5.75 Å². The second-order valence-corrected chi connectivity index (χ2v) is 4.71. The quantitative estimate of drug-likeness (QED) is 0.745. The summed E-state index contributed by atoms with van der Waals surface area (Å²) in [5.74, 6) is 1.41. The molecular formula is C16H18ClNO. The van der Waals surface area contributed by atoms with Crippen LogP contribution in [0.25, 0.3) is 11.3 Å². The van der Waals surface area contributed by atoms with Crippen LogP contribution < -0.4 is 4.74 Å². The average molecular weight is 276 g/mol. The van der Waals surface area contributed by atoms with Gasteiger partial charge in [-0.2, -0.15) is 0 Å². The van der Waals surface area contributed by atoms with Crippen molar-refractivity contribution in [3.8, 4) is 17.0 Å². The van der Waals surface area contributed by atoms with E-state index in [2.05, 4.69) is 11.9 Å². The summed E-state index contributed by atoms with van der Waals surface area (Å²) in [7, 11) is 0. The lowest BCUT2D eigenvalue weighted by atomic mass is 10.1. The van der Waals surface area contributed by atoms with Crippen LogP contribution in [0, 0.1) is 6.92 Å². The number of halogens is 1. The van der Waals surface area contributed by atoms with Crippen LogP contribution in [0.4, 0.5) is 0 Å². The zero-order valence-electron chi connectivity index (χ0n) is 11.3. The molecule has 0 bridgehead atoms. The molecule has 0 spiro atoms. The topological polar surface area (TPSA) is 22.1 Å². The molecule has 1 aromatic carbocycles. The van der Waals surface area contributed by atoms with Crippen molar-refractivity contribution < 1.29 is 4.74 Å². The van der Waals surface area contributed by atoms with E-state index in [1.807, 2.05) is 43.3 Å². The number of nitrogens with zero attached hydrogens (tertiary/aromatic N) is 1. The molecule has 100 valence electrons. The Hall–Kier alpha value is -1.54. The molecule has 19 heavy (non-hydrogen) atoms. The highest BCUT2D eigenvalue weighted by Gasteiger charge is 2.03. The second kappa shape index (κ2) is 6.58. The molecule has 0 amide bonds. The normalized spacial score (nSPS) is 10.5. The molecule has 0 fully saturated rings. The van der Waals surface area contributed by atoms with E-state index in [4.69, 9.17) is 16.3 Å². The van der Waals surface area contributed by atoms with E-state index >= 15 is 0 Å². The zero-order chi connectivity index (χ0) is 13.7. The largest absolute Gasteiger partial charge is 0.494 e. The molecule has 0 radical (unpaired) electrons. The maximum absolute atomic E-state index is 5.84. The highest BCUT2D eigenvalue weighted by atomic mass is 35.5. The molecule has 1 heterocycles. The van der Waals surface area contributed by atoms with Crippen LogP contribution in [-0.4, -0.2) is 11.6 Å². The molecule has 3 heteroatoms. The summed E-state index contributed by atoms with van der Waals surface area (Å²) in [4.78, 5) is 4.58. The number of aromatic nitrogens is 1. The Labute approximate surface area is 119 Å². The van der Waals surface area contributed by atoms with Crippen molar-refractivity contribution in [2.45, 2.75) is 26.1 Å². The van der Waals surface area contributed by atoms with Crippen molar-refractivity contribution in [2.24, 2.45) is 0 Å². The lowest BCUT2D eigenvalue weighted by Crippen LogP contribution is -1.95. The standard InChI is InChI=1S/C16H18ClNO/c1-3-10-19-15-7-4-13(5-8-15)16-9-6-14(11-17)12(2)18-16/h4-9H,3,10-11H2,1-2H3. The Morgan fingerprint density at radius 2 is 1.84 bits per heavy atom. The first kappa shape index (κ1) is 13.9. The van der Waals surface area contributed by atoms with Gasteiger partial charge in [0, 0.05) is 17.1 Å². The summed E-state index contributed by atoms with van der Waals surface area (Å²) >= 11 is 5.84. The van der Waals surface area contributed by atoms with E-state index in [9.17, 15) is 0 Å². The van der Waals surface area contributed by atoms with E-state index in [0.29, 0.717) is 5.88 Å². The highest BCUT2D eigenvalue weighted by Crippen LogP contribution is 2.22. The molecular weight excluding hydrogens is 258 g/mol. The fraction of sp³-hybridized carbons (Fsp3) is 0.312. The third-order valence-corrected chi connectivity index (χ3v) is 3.25. The zero-order valence-corrected chi connectivity index (χ0v) is 12.1. The Morgan fingerprint density at radius 3 is 2.42 bits per heavy atom. The second-order valence-electron chi connectivity index (χ2n) is 4.45. The van der Waals surface area contributed by atoms with Crippen molar-refractivity contribution in [2.75, 3.05) is 6.61 Å². The number of pyridine rings is 1. The number of benzene rings is 1. The SMILES string of the molecule is CCCOc1ccc(-c2ccc(CCl)c(C)n2)cc1. The van der Waals surface area contributed by atoms with Gasteiger partial charge in [0.15, 0.2) is 0 Å². The molecule has 0 saturated carbocycles. The molecule has 0 aliphatic rings. The van der Waals surface area contributed by atoms with Gasteiger partial charge >= 0.3 is 0 Å². The van der Waals surface area contributed by atoms with Crippen molar-refractivity contribution in [3.63, 3.8) is 0 Å².